The van der Waals surface area contributed by atoms with Crippen LogP contribution < -0.4 is 32.3 Å². The van der Waals surface area contributed by atoms with E-state index in [2.05, 4.69) is 54.3 Å². The van der Waals surface area contributed by atoms with Crippen LogP contribution in [-0.4, -0.2) is 161 Å². The molecule has 0 aliphatic carbocycles. The zero-order valence-electron chi connectivity index (χ0n) is 40.1. The van der Waals surface area contributed by atoms with Crippen molar-refractivity contribution in [1.82, 2.24) is 21.3 Å². The van der Waals surface area contributed by atoms with Crippen LogP contribution in [0.3, 0.4) is 0 Å². The number of carbonyl (C=O) groups excluding carboxylic acids is 5. The molecule has 1 aromatic rings. The third kappa shape index (κ3) is 35.0. The van der Waals surface area contributed by atoms with Crippen LogP contribution in [0.2, 0.25) is 0 Å². The quantitative estimate of drug-likeness (QED) is 0.0510. The lowest BCUT2D eigenvalue weighted by Crippen LogP contribution is -2.54. The number of rotatable bonds is 42. The summed E-state index contributed by atoms with van der Waals surface area (Å²) in [6, 6.07) is 5.07. The largest absolute Gasteiger partial charge is 0.379 e. The lowest BCUT2D eigenvalue weighted by atomic mass is 10.0. The highest BCUT2D eigenvalue weighted by atomic mass is 16.6. The number of ether oxygens (including phenoxy) is 8. The van der Waals surface area contributed by atoms with Gasteiger partial charge in [-0.1, -0.05) is 53.7 Å². The summed E-state index contributed by atoms with van der Waals surface area (Å²) in [5, 5.41) is 13.8. The van der Waals surface area contributed by atoms with Gasteiger partial charge in [-0.05, 0) is 61.1 Å². The minimum absolute atomic E-state index is 0. The number of hydrogen-bond donors (Lipinski definition) is 6. The summed E-state index contributed by atoms with van der Waals surface area (Å²) in [6.45, 7) is 19.3. The van der Waals surface area contributed by atoms with E-state index in [1.165, 1.54) is 0 Å². The average Bonchev–Trinajstić information content (AvgIpc) is 3.25. The molecule has 0 bridgehead atoms. The van der Waals surface area contributed by atoms with Gasteiger partial charge in [-0.15, -0.1) is 0 Å². The van der Waals surface area contributed by atoms with Gasteiger partial charge in [0.25, 0.3) is 0 Å². The first-order chi connectivity index (χ1) is 31.3. The highest BCUT2D eigenvalue weighted by Gasteiger charge is 2.29. The predicted molar refractivity (Wildman–Crippen MR) is 256 cm³/mol. The molecule has 0 aliphatic rings. The van der Waals surface area contributed by atoms with E-state index >= 15 is 0 Å². The molecule has 1 rings (SSSR count). The molecule has 0 fully saturated rings. The minimum atomic E-state index is -0.926. The molecule has 0 saturated carbocycles. The maximum Gasteiger partial charge on any atom is 0.312 e. The zero-order valence-corrected chi connectivity index (χ0v) is 40.1. The Morgan fingerprint density at radius 3 is 1.45 bits per heavy atom. The normalized spacial score (nSPS) is 12.3. The molecule has 2 atom stereocenters. The van der Waals surface area contributed by atoms with E-state index in [0.717, 1.165) is 18.4 Å². The van der Waals surface area contributed by atoms with E-state index in [4.69, 9.17) is 43.6 Å². The van der Waals surface area contributed by atoms with Crippen LogP contribution >= 0.6 is 0 Å². The Balaban J connectivity index is -0.00000528. The molecule has 1 aromatic carbocycles. The smallest absolute Gasteiger partial charge is 0.312 e. The molecular formula is C46H90N6O13. The molecule has 65 heavy (non-hydrogen) atoms. The van der Waals surface area contributed by atoms with Crippen LogP contribution in [0.5, 0.6) is 0 Å². The number of urea groups is 1. The van der Waals surface area contributed by atoms with Crippen molar-refractivity contribution in [3.63, 3.8) is 0 Å². The zero-order chi connectivity index (χ0) is 47.9. The van der Waals surface area contributed by atoms with Crippen molar-refractivity contribution >= 4 is 35.3 Å². The number of primary amides is 1. The minimum Gasteiger partial charge on any atom is -0.379 e. The van der Waals surface area contributed by atoms with Crippen molar-refractivity contribution in [1.29, 1.82) is 0 Å². The fraction of sp³-hybridized carbons (Fsp3) is 0.761. The summed E-state index contributed by atoms with van der Waals surface area (Å²) in [5.41, 5.74) is 6.92. The van der Waals surface area contributed by atoms with Crippen LogP contribution in [-0.2, 0) is 63.5 Å². The van der Waals surface area contributed by atoms with Crippen LogP contribution in [0, 0.1) is 17.8 Å². The average molecular weight is 935 g/mol. The topological polar surface area (TPSA) is 245 Å². The Kier molecular flexibility index (Phi) is 35.7. The molecule has 0 aromatic heterocycles. The summed E-state index contributed by atoms with van der Waals surface area (Å²) in [4.78, 5) is 62.3. The van der Waals surface area contributed by atoms with Crippen molar-refractivity contribution in [2.45, 2.75) is 92.2 Å². The number of nitrogens with one attached hydrogen (secondary N) is 5. The molecule has 7 N–H and O–H groups in total. The lowest BCUT2D eigenvalue weighted by Gasteiger charge is -2.25. The van der Waals surface area contributed by atoms with Crippen molar-refractivity contribution < 1.29 is 67.6 Å². The number of benzene rings is 1. The van der Waals surface area contributed by atoms with E-state index in [0.29, 0.717) is 129 Å². The molecular weight excluding hydrogens is 845 g/mol. The van der Waals surface area contributed by atoms with Gasteiger partial charge in [0, 0.05) is 37.3 Å². The summed E-state index contributed by atoms with van der Waals surface area (Å²) in [5.74, 6) is -0.478. The van der Waals surface area contributed by atoms with Gasteiger partial charge in [-0.2, -0.15) is 0 Å². The summed E-state index contributed by atoms with van der Waals surface area (Å²) in [6.07, 6.45) is 2.99. The first-order valence-corrected chi connectivity index (χ1v) is 23.2. The Morgan fingerprint density at radius 2 is 1.00 bits per heavy atom. The van der Waals surface area contributed by atoms with E-state index in [1.54, 1.807) is 13.8 Å². The van der Waals surface area contributed by atoms with Gasteiger partial charge in [0.2, 0.25) is 23.6 Å². The first-order valence-electron chi connectivity index (χ1n) is 23.2. The fourth-order valence-electron chi connectivity index (χ4n) is 5.83. The summed E-state index contributed by atoms with van der Waals surface area (Å²) in [7, 11) is 0. The van der Waals surface area contributed by atoms with Gasteiger partial charge in [0.15, 0.2) is 0 Å². The van der Waals surface area contributed by atoms with Crippen molar-refractivity contribution in [3.05, 3.63) is 29.8 Å². The molecule has 0 unspecified atom stereocenters. The molecule has 382 valence electrons. The van der Waals surface area contributed by atoms with Gasteiger partial charge in [0.1, 0.15) is 12.1 Å². The third-order valence-electron chi connectivity index (χ3n) is 9.33. The molecule has 6 amide bonds. The first kappa shape index (κ1) is 59.1. The molecule has 19 heteroatoms. The maximum absolute atomic E-state index is 13.4. The van der Waals surface area contributed by atoms with E-state index < -0.39 is 29.9 Å². The lowest BCUT2D eigenvalue weighted by molar-refractivity contribution is -0.132. The van der Waals surface area contributed by atoms with Crippen LogP contribution in [0.25, 0.3) is 0 Å². The predicted octanol–water partition coefficient (Wildman–Crippen LogP) is 3.96. The van der Waals surface area contributed by atoms with Crippen LogP contribution in [0.1, 0.15) is 84.9 Å². The third-order valence-corrected chi connectivity index (χ3v) is 9.33. The Bertz CT molecular complexity index is 1430. The standard InChI is InChI=1S/C46H82N6O13.4H2/c1-35(2)9-14-41(53)48-17-19-59-21-23-61-25-27-63-29-31-65-33-32-64-30-28-62-26-24-60-22-20-58-18-15-42(54)52-43(37(5)6)45(56)51-40(8-7-16-49-46(47)57)44(55)50-39-12-10-38(11-13-39)34-36(3)4;;;;/h10-13,35-37,40,43H,7-9,14-34H2,1-6H3,(H,48,53)(H,50,55)(H,51,56)(H,52,54)(H3,47,49,57);4*1H/t40-,43-;;;;/m0..../s1. The van der Waals surface area contributed by atoms with E-state index in [-0.39, 0.29) is 56.0 Å². The summed E-state index contributed by atoms with van der Waals surface area (Å²) < 4.78 is 44.0. The van der Waals surface area contributed by atoms with Crippen LogP contribution in [0.4, 0.5) is 10.5 Å². The molecule has 0 saturated heterocycles. The molecule has 0 aliphatic heterocycles. The van der Waals surface area contributed by atoms with Crippen molar-refractivity contribution in [2.75, 3.05) is 124 Å². The number of carbonyl (C=O) groups is 5. The molecule has 0 radical (unpaired) electrons. The van der Waals surface area contributed by atoms with E-state index in [9.17, 15) is 24.0 Å². The second-order valence-corrected chi connectivity index (χ2v) is 16.5. The number of amides is 6. The molecule has 0 spiro atoms. The second kappa shape index (κ2) is 39.2. The maximum atomic E-state index is 13.4. The van der Waals surface area contributed by atoms with E-state index in [1.807, 2.05) is 24.3 Å². The Labute approximate surface area is 393 Å². The highest BCUT2D eigenvalue weighted by Crippen LogP contribution is 2.14. The van der Waals surface area contributed by atoms with Crippen molar-refractivity contribution in [2.24, 2.45) is 23.5 Å². The fourth-order valence-corrected chi connectivity index (χ4v) is 5.83. The number of hydrogen-bond acceptors (Lipinski definition) is 13. The second-order valence-electron chi connectivity index (χ2n) is 16.5. The van der Waals surface area contributed by atoms with Crippen molar-refractivity contribution in [3.8, 4) is 0 Å². The Hall–Kier alpha value is -3.95. The SMILES string of the molecule is CC(C)CCC(=O)NCCOCCOCCOCCOCCOCCOCCOCCOCCC(=O)N[C@H](C(=O)N[C@@H](CCCNC(N)=O)C(=O)Nc1ccc(CC(C)C)cc1)C(C)C.[HH].[HH].[HH].[HH]. The van der Waals surface area contributed by atoms with Gasteiger partial charge >= 0.3 is 6.03 Å². The molecule has 0 heterocycles. The van der Waals surface area contributed by atoms with Crippen LogP contribution in [0.15, 0.2) is 24.3 Å². The van der Waals surface area contributed by atoms with Gasteiger partial charge in [-0.3, -0.25) is 19.2 Å². The molecule has 19 nitrogen and oxygen atoms in total. The summed E-state index contributed by atoms with van der Waals surface area (Å²) >= 11 is 0. The van der Waals surface area contributed by atoms with Gasteiger partial charge in [0.05, 0.1) is 106 Å². The Morgan fingerprint density at radius 1 is 0.523 bits per heavy atom. The number of anilines is 1. The van der Waals surface area contributed by atoms with Gasteiger partial charge < -0.3 is 70.2 Å². The highest BCUT2D eigenvalue weighted by molar-refractivity contribution is 5.98. The number of nitrogens with two attached hydrogens (primary N) is 1. The monoisotopic (exact) mass is 935 g/mol. The van der Waals surface area contributed by atoms with Gasteiger partial charge in [-0.25, -0.2) is 4.79 Å².